The van der Waals surface area contributed by atoms with Gasteiger partial charge in [-0.3, -0.25) is 4.79 Å². The molecule has 1 amide bonds. The van der Waals surface area contributed by atoms with Crippen LogP contribution in [-0.2, 0) is 4.79 Å². The second-order valence-corrected chi connectivity index (χ2v) is 7.17. The molecule has 3 rings (SSSR count). The van der Waals surface area contributed by atoms with Crippen LogP contribution in [0.15, 0.2) is 53.9 Å². The molecule has 0 fully saturated rings. The standard InChI is InChI=1S/C20H20N2O2S/c1-13(2)11-19(24)21-16-7-3-14(4-8-16)18-12-25-20(22-18)15-5-9-17(23)10-6-15/h3-10,12-13,23H,11H2,1-2H3,(H,21,24). The van der Waals surface area contributed by atoms with Crippen LogP contribution in [0.2, 0.25) is 0 Å². The van der Waals surface area contributed by atoms with Crippen LogP contribution in [0.1, 0.15) is 20.3 Å². The van der Waals surface area contributed by atoms with Gasteiger partial charge in [0.2, 0.25) is 5.91 Å². The maximum absolute atomic E-state index is 11.8. The summed E-state index contributed by atoms with van der Waals surface area (Å²) in [5.41, 5.74) is 3.67. The van der Waals surface area contributed by atoms with Crippen molar-refractivity contribution in [1.29, 1.82) is 0 Å². The van der Waals surface area contributed by atoms with Crippen molar-refractivity contribution < 1.29 is 9.90 Å². The van der Waals surface area contributed by atoms with Crippen molar-refractivity contribution in [3.05, 3.63) is 53.9 Å². The van der Waals surface area contributed by atoms with Crippen molar-refractivity contribution in [3.63, 3.8) is 0 Å². The number of phenols is 1. The molecule has 128 valence electrons. The fourth-order valence-corrected chi connectivity index (χ4v) is 3.29. The van der Waals surface area contributed by atoms with E-state index in [1.165, 1.54) is 0 Å². The lowest BCUT2D eigenvalue weighted by molar-refractivity contribution is -0.116. The third-order valence-corrected chi connectivity index (χ3v) is 4.57. The van der Waals surface area contributed by atoms with Crippen molar-refractivity contribution in [2.45, 2.75) is 20.3 Å². The molecule has 0 radical (unpaired) electrons. The van der Waals surface area contributed by atoms with E-state index in [-0.39, 0.29) is 11.7 Å². The summed E-state index contributed by atoms with van der Waals surface area (Å²) in [6.45, 7) is 4.05. The van der Waals surface area contributed by atoms with Crippen molar-refractivity contribution in [2.24, 2.45) is 5.92 Å². The van der Waals surface area contributed by atoms with Crippen LogP contribution < -0.4 is 5.32 Å². The average molecular weight is 352 g/mol. The highest BCUT2D eigenvalue weighted by Gasteiger charge is 2.08. The van der Waals surface area contributed by atoms with Crippen LogP contribution in [-0.4, -0.2) is 16.0 Å². The zero-order valence-corrected chi connectivity index (χ0v) is 15.0. The van der Waals surface area contributed by atoms with Crippen molar-refractivity contribution in [3.8, 4) is 27.6 Å². The maximum atomic E-state index is 11.8. The molecule has 2 aromatic carbocycles. The molecular weight excluding hydrogens is 332 g/mol. The summed E-state index contributed by atoms with van der Waals surface area (Å²) in [6.07, 6.45) is 0.518. The summed E-state index contributed by atoms with van der Waals surface area (Å²) in [5, 5.41) is 15.2. The number of rotatable bonds is 5. The van der Waals surface area contributed by atoms with Crippen LogP contribution in [0, 0.1) is 5.92 Å². The van der Waals surface area contributed by atoms with E-state index in [4.69, 9.17) is 0 Å². The van der Waals surface area contributed by atoms with Crippen molar-refractivity contribution >= 4 is 22.9 Å². The Hall–Kier alpha value is -2.66. The van der Waals surface area contributed by atoms with Crippen LogP contribution in [0.25, 0.3) is 21.8 Å². The molecule has 3 aromatic rings. The smallest absolute Gasteiger partial charge is 0.224 e. The normalized spacial score (nSPS) is 10.8. The first-order valence-electron chi connectivity index (χ1n) is 8.16. The number of hydrogen-bond donors (Lipinski definition) is 2. The lowest BCUT2D eigenvalue weighted by Gasteiger charge is -2.07. The number of aromatic hydroxyl groups is 1. The number of hydrogen-bond acceptors (Lipinski definition) is 4. The van der Waals surface area contributed by atoms with Gasteiger partial charge in [-0.15, -0.1) is 11.3 Å². The molecule has 0 spiro atoms. The minimum Gasteiger partial charge on any atom is -0.508 e. The number of nitrogens with one attached hydrogen (secondary N) is 1. The van der Waals surface area contributed by atoms with Crippen LogP contribution in [0.3, 0.4) is 0 Å². The molecule has 0 saturated heterocycles. The first-order valence-corrected chi connectivity index (χ1v) is 9.04. The number of anilines is 1. The van der Waals surface area contributed by atoms with Gasteiger partial charge in [0.05, 0.1) is 5.69 Å². The minimum atomic E-state index is 0.0334. The van der Waals surface area contributed by atoms with Gasteiger partial charge >= 0.3 is 0 Å². The second-order valence-electron chi connectivity index (χ2n) is 6.31. The summed E-state index contributed by atoms with van der Waals surface area (Å²) in [6, 6.07) is 14.7. The molecule has 25 heavy (non-hydrogen) atoms. The lowest BCUT2D eigenvalue weighted by atomic mass is 10.1. The highest BCUT2D eigenvalue weighted by Crippen LogP contribution is 2.30. The molecule has 0 atom stereocenters. The fraction of sp³-hybridized carbons (Fsp3) is 0.200. The predicted molar refractivity (Wildman–Crippen MR) is 103 cm³/mol. The second kappa shape index (κ2) is 7.49. The number of carbonyl (C=O) groups is 1. The van der Waals surface area contributed by atoms with Gasteiger partial charge in [-0.2, -0.15) is 0 Å². The van der Waals surface area contributed by atoms with E-state index in [0.717, 1.165) is 27.5 Å². The first-order chi connectivity index (χ1) is 12.0. The fourth-order valence-electron chi connectivity index (χ4n) is 2.45. The lowest BCUT2D eigenvalue weighted by Crippen LogP contribution is -2.13. The van der Waals surface area contributed by atoms with Crippen LogP contribution >= 0.6 is 11.3 Å². The third kappa shape index (κ3) is 4.45. The van der Waals surface area contributed by atoms with E-state index < -0.39 is 0 Å². The minimum absolute atomic E-state index is 0.0334. The molecule has 0 aliphatic rings. The van der Waals surface area contributed by atoms with E-state index in [2.05, 4.69) is 10.3 Å². The van der Waals surface area contributed by atoms with Crippen LogP contribution in [0.4, 0.5) is 5.69 Å². The van der Waals surface area contributed by atoms with Gasteiger partial charge in [-0.1, -0.05) is 26.0 Å². The topological polar surface area (TPSA) is 62.2 Å². The number of amides is 1. The van der Waals surface area contributed by atoms with Crippen molar-refractivity contribution in [2.75, 3.05) is 5.32 Å². The average Bonchev–Trinajstić information content (AvgIpc) is 3.05. The predicted octanol–water partition coefficient (Wildman–Crippen LogP) is 5.17. The Kier molecular flexibility index (Phi) is 5.14. The molecule has 5 heteroatoms. The Labute approximate surface area is 151 Å². The van der Waals surface area contributed by atoms with E-state index in [9.17, 15) is 9.90 Å². The number of nitrogens with zero attached hydrogens (tertiary/aromatic N) is 1. The third-order valence-electron chi connectivity index (χ3n) is 3.68. The SMILES string of the molecule is CC(C)CC(=O)Nc1ccc(-c2csc(-c3ccc(O)cc3)n2)cc1. The van der Waals surface area contributed by atoms with E-state index >= 15 is 0 Å². The highest BCUT2D eigenvalue weighted by molar-refractivity contribution is 7.13. The molecular formula is C20H20N2O2S. The summed E-state index contributed by atoms with van der Waals surface area (Å²) in [5.74, 6) is 0.620. The molecule has 1 aromatic heterocycles. The quantitative estimate of drug-likeness (QED) is 0.666. The van der Waals surface area contributed by atoms with Gasteiger partial charge in [0.1, 0.15) is 10.8 Å². The molecule has 1 heterocycles. The largest absolute Gasteiger partial charge is 0.508 e. The Balaban J connectivity index is 1.72. The maximum Gasteiger partial charge on any atom is 0.224 e. The highest BCUT2D eigenvalue weighted by atomic mass is 32.1. The number of benzene rings is 2. The zero-order chi connectivity index (χ0) is 17.8. The summed E-state index contributed by atoms with van der Waals surface area (Å²) >= 11 is 1.56. The van der Waals surface area contributed by atoms with E-state index in [1.807, 2.05) is 55.6 Å². The zero-order valence-electron chi connectivity index (χ0n) is 14.2. The number of thiazole rings is 1. The molecule has 0 aliphatic carbocycles. The number of aromatic nitrogens is 1. The Morgan fingerprint density at radius 1 is 1.08 bits per heavy atom. The van der Waals surface area contributed by atoms with Gasteiger partial charge < -0.3 is 10.4 Å². The van der Waals surface area contributed by atoms with E-state index in [1.54, 1.807) is 23.5 Å². The van der Waals surface area contributed by atoms with Gasteiger partial charge in [-0.05, 0) is 42.3 Å². The molecule has 4 nitrogen and oxygen atoms in total. The first kappa shape index (κ1) is 17.2. The van der Waals surface area contributed by atoms with Gasteiger partial charge in [0, 0.05) is 28.6 Å². The summed E-state index contributed by atoms with van der Waals surface area (Å²) in [4.78, 5) is 16.5. The van der Waals surface area contributed by atoms with Gasteiger partial charge in [0.25, 0.3) is 0 Å². The summed E-state index contributed by atoms with van der Waals surface area (Å²) < 4.78 is 0. The Morgan fingerprint density at radius 3 is 2.36 bits per heavy atom. The molecule has 0 unspecified atom stereocenters. The van der Waals surface area contributed by atoms with E-state index in [0.29, 0.717) is 12.3 Å². The monoisotopic (exact) mass is 352 g/mol. The van der Waals surface area contributed by atoms with Gasteiger partial charge in [0.15, 0.2) is 0 Å². The molecule has 0 bridgehead atoms. The summed E-state index contributed by atoms with van der Waals surface area (Å²) in [7, 11) is 0. The number of phenolic OH excluding ortho intramolecular Hbond substituents is 1. The Morgan fingerprint density at radius 2 is 1.72 bits per heavy atom. The molecule has 2 N–H and O–H groups in total. The van der Waals surface area contributed by atoms with Gasteiger partial charge in [-0.25, -0.2) is 4.98 Å². The Bertz CT molecular complexity index is 852. The molecule has 0 saturated carbocycles. The van der Waals surface area contributed by atoms with Crippen LogP contribution in [0.5, 0.6) is 5.75 Å². The van der Waals surface area contributed by atoms with Crippen molar-refractivity contribution in [1.82, 2.24) is 4.98 Å². The molecule has 0 aliphatic heterocycles. The number of carbonyl (C=O) groups excluding carboxylic acids is 1.